The number of fused-ring (bicyclic) bond motifs is 1. The number of anilines is 1. The minimum atomic E-state index is -0.614. The number of hydrogen-bond donors (Lipinski definition) is 3. The Morgan fingerprint density at radius 1 is 1.32 bits per heavy atom. The smallest absolute Gasteiger partial charge is 0.292 e. The van der Waals surface area contributed by atoms with Gasteiger partial charge in [0.05, 0.1) is 12.8 Å². The van der Waals surface area contributed by atoms with Crippen molar-refractivity contribution in [2.75, 3.05) is 19.0 Å². The fourth-order valence-corrected chi connectivity index (χ4v) is 3.16. The second-order valence-corrected chi connectivity index (χ2v) is 6.58. The average Bonchev–Trinajstić information content (AvgIpc) is 3.36. The van der Waals surface area contributed by atoms with Gasteiger partial charge in [-0.25, -0.2) is 0 Å². The van der Waals surface area contributed by atoms with E-state index in [0.717, 1.165) is 16.7 Å². The quantitative estimate of drug-likeness (QED) is 0.616. The zero-order chi connectivity index (χ0) is 19.5. The maximum Gasteiger partial charge on any atom is 0.292 e. The van der Waals surface area contributed by atoms with Gasteiger partial charge >= 0.3 is 0 Å². The molecule has 1 fully saturated rings. The molecule has 0 radical (unpaired) electrons. The third kappa shape index (κ3) is 3.81. The largest absolute Gasteiger partial charge is 0.424 e. The minimum absolute atomic E-state index is 0.144. The molecule has 3 aromatic rings. The Morgan fingerprint density at radius 3 is 2.82 bits per heavy atom. The lowest BCUT2D eigenvalue weighted by Crippen LogP contribution is -2.43. The van der Waals surface area contributed by atoms with Crippen molar-refractivity contribution in [3.63, 3.8) is 0 Å². The predicted octanol–water partition coefficient (Wildman–Crippen LogP) is 1.57. The molecule has 1 amide bonds. The first kappa shape index (κ1) is 18.0. The highest BCUT2D eigenvalue weighted by atomic mass is 16.5. The van der Waals surface area contributed by atoms with Crippen molar-refractivity contribution < 1.29 is 13.9 Å². The summed E-state index contributed by atoms with van der Waals surface area (Å²) in [6.45, 7) is 0.809. The van der Waals surface area contributed by atoms with Gasteiger partial charge < -0.3 is 20.2 Å². The number of carbonyl (C=O) groups excluding carboxylic acids is 1. The van der Waals surface area contributed by atoms with Gasteiger partial charge in [0, 0.05) is 13.0 Å². The molecule has 2 atom stereocenters. The van der Waals surface area contributed by atoms with Gasteiger partial charge in [-0.15, -0.1) is 0 Å². The van der Waals surface area contributed by atoms with Crippen LogP contribution in [0.1, 0.15) is 5.56 Å². The third-order valence-corrected chi connectivity index (χ3v) is 4.61. The van der Waals surface area contributed by atoms with E-state index >= 15 is 0 Å². The molecule has 28 heavy (non-hydrogen) atoms. The van der Waals surface area contributed by atoms with Gasteiger partial charge in [-0.1, -0.05) is 30.3 Å². The van der Waals surface area contributed by atoms with E-state index < -0.39 is 12.1 Å². The topological polar surface area (TPSA) is 126 Å². The molecule has 8 nitrogen and oxygen atoms in total. The number of carbonyl (C=O) groups is 1. The Balaban J connectivity index is 1.44. The molecule has 0 saturated carbocycles. The summed E-state index contributed by atoms with van der Waals surface area (Å²) in [5.74, 6) is -0.270. The number of aromatic nitrogens is 1. The number of amides is 1. The van der Waals surface area contributed by atoms with Gasteiger partial charge in [-0.05, 0) is 28.8 Å². The zero-order valence-electron chi connectivity index (χ0n) is 15.0. The van der Waals surface area contributed by atoms with Crippen molar-refractivity contribution in [2.45, 2.75) is 18.6 Å². The summed E-state index contributed by atoms with van der Waals surface area (Å²) in [5.41, 5.74) is 9.89. The summed E-state index contributed by atoms with van der Waals surface area (Å²) in [5, 5.41) is 15.0. The van der Waals surface area contributed by atoms with Gasteiger partial charge in [-0.3, -0.25) is 10.1 Å². The normalized spacial score (nSPS) is 17.3. The summed E-state index contributed by atoms with van der Waals surface area (Å²) < 4.78 is 10.5. The summed E-state index contributed by atoms with van der Waals surface area (Å²) in [7, 11) is 0. The number of ether oxygens (including phenoxy) is 1. The molecule has 0 unspecified atom stereocenters. The van der Waals surface area contributed by atoms with E-state index in [4.69, 9.17) is 14.9 Å². The number of nitrogens with one attached hydrogen (secondary N) is 2. The standard InChI is InChI=1S/C20H19N5O3/c21-9-15(24-19(26)18-10-23-11-27-18)7-12-1-3-13(4-2-12)14-5-6-17-16(8-14)25-20(22)28-17/h1-6,8,15,18,23H,7,10-11H2,(H2,22,25)(H,24,26)/t15-,18+/m1/s1. The molecule has 1 saturated heterocycles. The molecule has 1 aliphatic rings. The van der Waals surface area contributed by atoms with Crippen LogP contribution in [-0.2, 0) is 16.0 Å². The van der Waals surface area contributed by atoms with Crippen LogP contribution < -0.4 is 16.4 Å². The Bertz CT molecular complexity index is 1030. The molecule has 0 aliphatic carbocycles. The van der Waals surface area contributed by atoms with Crippen molar-refractivity contribution >= 4 is 23.0 Å². The highest BCUT2D eigenvalue weighted by molar-refractivity contribution is 5.82. The van der Waals surface area contributed by atoms with E-state index in [2.05, 4.69) is 21.7 Å². The summed E-state index contributed by atoms with van der Waals surface area (Å²) in [4.78, 5) is 16.3. The molecular formula is C20H19N5O3. The van der Waals surface area contributed by atoms with Crippen LogP contribution in [-0.4, -0.2) is 36.3 Å². The molecule has 1 aliphatic heterocycles. The Morgan fingerprint density at radius 2 is 2.11 bits per heavy atom. The molecule has 0 spiro atoms. The van der Waals surface area contributed by atoms with Gasteiger partial charge in [0.2, 0.25) is 0 Å². The van der Waals surface area contributed by atoms with Crippen molar-refractivity contribution in [3.8, 4) is 17.2 Å². The van der Waals surface area contributed by atoms with Gasteiger partial charge in [0.25, 0.3) is 11.9 Å². The highest BCUT2D eigenvalue weighted by Crippen LogP contribution is 2.25. The van der Waals surface area contributed by atoms with Crippen LogP contribution in [0.15, 0.2) is 46.9 Å². The van der Waals surface area contributed by atoms with E-state index in [1.165, 1.54) is 0 Å². The molecule has 2 heterocycles. The van der Waals surface area contributed by atoms with Crippen molar-refractivity contribution in [3.05, 3.63) is 48.0 Å². The van der Waals surface area contributed by atoms with E-state index in [0.29, 0.717) is 30.8 Å². The number of nitrogen functional groups attached to an aromatic ring is 1. The molecular weight excluding hydrogens is 358 g/mol. The molecule has 142 valence electrons. The second-order valence-electron chi connectivity index (χ2n) is 6.58. The van der Waals surface area contributed by atoms with Crippen LogP contribution in [0.25, 0.3) is 22.2 Å². The van der Waals surface area contributed by atoms with Gasteiger partial charge in [-0.2, -0.15) is 10.2 Å². The lowest BCUT2D eigenvalue weighted by molar-refractivity contribution is -0.129. The number of benzene rings is 2. The maximum atomic E-state index is 12.1. The molecule has 4 N–H and O–H groups in total. The Kier molecular flexibility index (Phi) is 4.93. The molecule has 2 aromatic carbocycles. The lowest BCUT2D eigenvalue weighted by atomic mass is 10.0. The summed E-state index contributed by atoms with van der Waals surface area (Å²) >= 11 is 0. The van der Waals surface area contributed by atoms with Crippen LogP contribution in [0.4, 0.5) is 6.01 Å². The van der Waals surface area contributed by atoms with E-state index in [1.807, 2.05) is 42.5 Å². The number of oxazole rings is 1. The maximum absolute atomic E-state index is 12.1. The zero-order valence-corrected chi connectivity index (χ0v) is 15.0. The second kappa shape index (κ2) is 7.68. The molecule has 4 rings (SSSR count). The third-order valence-electron chi connectivity index (χ3n) is 4.61. The van der Waals surface area contributed by atoms with Crippen molar-refractivity contribution in [1.29, 1.82) is 5.26 Å². The summed E-state index contributed by atoms with van der Waals surface area (Å²) in [6, 6.07) is 15.2. The van der Waals surface area contributed by atoms with Gasteiger partial charge in [0.15, 0.2) is 5.58 Å². The van der Waals surface area contributed by atoms with Crippen molar-refractivity contribution in [2.24, 2.45) is 0 Å². The first-order valence-corrected chi connectivity index (χ1v) is 8.90. The predicted molar refractivity (Wildman–Crippen MR) is 103 cm³/mol. The van der Waals surface area contributed by atoms with Crippen LogP contribution in [0.3, 0.4) is 0 Å². The molecule has 1 aromatic heterocycles. The SMILES string of the molecule is N#C[C@@H](Cc1ccc(-c2ccc3oc(N)nc3c2)cc1)NC(=O)[C@@H]1CNCO1. The number of nitriles is 1. The Labute approximate surface area is 161 Å². The van der Waals surface area contributed by atoms with Crippen LogP contribution in [0.2, 0.25) is 0 Å². The fraction of sp³-hybridized carbons (Fsp3) is 0.250. The number of rotatable bonds is 5. The van der Waals surface area contributed by atoms with Crippen LogP contribution in [0.5, 0.6) is 0 Å². The fourth-order valence-electron chi connectivity index (χ4n) is 3.16. The van der Waals surface area contributed by atoms with Crippen molar-refractivity contribution in [1.82, 2.24) is 15.6 Å². The number of nitrogens with zero attached hydrogens (tertiary/aromatic N) is 2. The molecule has 0 bridgehead atoms. The monoisotopic (exact) mass is 377 g/mol. The van der Waals surface area contributed by atoms with E-state index in [1.54, 1.807) is 0 Å². The summed E-state index contributed by atoms with van der Waals surface area (Å²) in [6.07, 6.45) is -0.125. The van der Waals surface area contributed by atoms with Crippen LogP contribution >= 0.6 is 0 Å². The first-order chi connectivity index (χ1) is 13.6. The molecule has 8 heteroatoms. The van der Waals surface area contributed by atoms with Gasteiger partial charge in [0.1, 0.15) is 17.7 Å². The number of nitrogens with two attached hydrogens (primary N) is 1. The lowest BCUT2D eigenvalue weighted by Gasteiger charge is -2.14. The Hall–Kier alpha value is -3.41. The van der Waals surface area contributed by atoms with Crippen LogP contribution in [0, 0.1) is 11.3 Å². The van der Waals surface area contributed by atoms with E-state index in [-0.39, 0.29) is 11.9 Å². The first-order valence-electron chi connectivity index (χ1n) is 8.90. The average molecular weight is 377 g/mol. The highest BCUT2D eigenvalue weighted by Gasteiger charge is 2.25. The van der Waals surface area contributed by atoms with E-state index in [9.17, 15) is 10.1 Å². The number of hydrogen-bond acceptors (Lipinski definition) is 7. The minimum Gasteiger partial charge on any atom is -0.424 e.